The Morgan fingerprint density at radius 1 is 1.21 bits per heavy atom. The Kier molecular flexibility index (Phi) is 5.56. The number of thioether (sulfide) groups is 1. The maximum absolute atomic E-state index is 12.3. The highest BCUT2D eigenvalue weighted by molar-refractivity contribution is 7.99. The summed E-state index contributed by atoms with van der Waals surface area (Å²) in [5.74, 6) is 0.954. The van der Waals surface area contributed by atoms with Crippen LogP contribution in [-0.2, 0) is 4.79 Å². The molecule has 0 spiro atoms. The number of rotatable bonds is 5. The molecule has 24 heavy (non-hydrogen) atoms. The molecular formula is C18H23N3O2S. The fourth-order valence-corrected chi connectivity index (χ4v) is 3.67. The minimum atomic E-state index is 0.127. The molecule has 0 saturated heterocycles. The minimum absolute atomic E-state index is 0.127. The van der Waals surface area contributed by atoms with Gasteiger partial charge in [-0.05, 0) is 31.9 Å². The first-order valence-corrected chi connectivity index (χ1v) is 9.41. The van der Waals surface area contributed by atoms with Gasteiger partial charge in [-0.25, -0.2) is 0 Å². The van der Waals surface area contributed by atoms with Crippen LogP contribution in [0.3, 0.4) is 0 Å². The van der Waals surface area contributed by atoms with Crippen molar-refractivity contribution in [2.75, 3.05) is 12.8 Å². The molecule has 1 aromatic carbocycles. The maximum atomic E-state index is 12.3. The second-order valence-electron chi connectivity index (χ2n) is 6.32. The van der Waals surface area contributed by atoms with Gasteiger partial charge in [-0.15, -0.1) is 10.2 Å². The lowest BCUT2D eigenvalue weighted by Crippen LogP contribution is -2.39. The molecule has 5 nitrogen and oxygen atoms in total. The van der Waals surface area contributed by atoms with Crippen LogP contribution in [-0.4, -0.2) is 39.8 Å². The van der Waals surface area contributed by atoms with E-state index in [1.165, 1.54) is 36.6 Å². The Bertz CT molecular complexity index is 678. The third kappa shape index (κ3) is 4.17. The van der Waals surface area contributed by atoms with Crippen LogP contribution in [0.25, 0.3) is 11.5 Å². The van der Waals surface area contributed by atoms with Gasteiger partial charge in [-0.3, -0.25) is 4.79 Å². The molecule has 1 saturated carbocycles. The van der Waals surface area contributed by atoms with Gasteiger partial charge in [0.15, 0.2) is 0 Å². The van der Waals surface area contributed by atoms with Crippen LogP contribution >= 0.6 is 11.8 Å². The number of hydrogen-bond acceptors (Lipinski definition) is 5. The van der Waals surface area contributed by atoms with Crippen LogP contribution < -0.4 is 0 Å². The van der Waals surface area contributed by atoms with E-state index in [0.717, 1.165) is 18.4 Å². The summed E-state index contributed by atoms with van der Waals surface area (Å²) in [7, 11) is 1.91. The molecule has 1 aliphatic rings. The largest absolute Gasteiger partial charge is 0.411 e. The first-order chi connectivity index (χ1) is 11.6. The van der Waals surface area contributed by atoms with Gasteiger partial charge in [-0.2, -0.15) is 0 Å². The van der Waals surface area contributed by atoms with Crippen molar-refractivity contribution in [2.45, 2.75) is 50.3 Å². The van der Waals surface area contributed by atoms with Gasteiger partial charge >= 0.3 is 0 Å². The van der Waals surface area contributed by atoms with E-state index in [-0.39, 0.29) is 5.91 Å². The standard InChI is InChI=1S/C18H23N3O2S/c1-13-8-10-14(11-9-13)17-19-20-18(23-17)24-12-16(22)21(2)15-6-4-3-5-7-15/h8-11,15H,3-7,12H2,1-2H3. The molecule has 3 rings (SSSR count). The normalized spacial score (nSPS) is 15.4. The lowest BCUT2D eigenvalue weighted by molar-refractivity contribution is -0.129. The van der Waals surface area contributed by atoms with Crippen LogP contribution in [0.2, 0.25) is 0 Å². The number of amides is 1. The van der Waals surface area contributed by atoms with Crippen LogP contribution in [0.4, 0.5) is 0 Å². The molecule has 1 amide bonds. The molecular weight excluding hydrogens is 322 g/mol. The Hall–Kier alpha value is -1.82. The van der Waals surface area contributed by atoms with Gasteiger partial charge < -0.3 is 9.32 Å². The average molecular weight is 345 g/mol. The van der Waals surface area contributed by atoms with Crippen molar-refractivity contribution in [3.8, 4) is 11.5 Å². The van der Waals surface area contributed by atoms with Crippen molar-refractivity contribution in [1.29, 1.82) is 0 Å². The first-order valence-electron chi connectivity index (χ1n) is 8.42. The smallest absolute Gasteiger partial charge is 0.277 e. The zero-order chi connectivity index (χ0) is 16.9. The minimum Gasteiger partial charge on any atom is -0.411 e. The van der Waals surface area contributed by atoms with Crippen molar-refractivity contribution < 1.29 is 9.21 Å². The zero-order valence-electron chi connectivity index (χ0n) is 14.2. The molecule has 0 aliphatic heterocycles. The molecule has 0 N–H and O–H groups in total. The summed E-state index contributed by atoms with van der Waals surface area (Å²) in [6.07, 6.45) is 5.96. The van der Waals surface area contributed by atoms with Gasteiger partial charge in [0.05, 0.1) is 5.75 Å². The van der Waals surface area contributed by atoms with Crippen molar-refractivity contribution in [2.24, 2.45) is 0 Å². The van der Waals surface area contributed by atoms with E-state index >= 15 is 0 Å². The molecule has 128 valence electrons. The summed E-state index contributed by atoms with van der Waals surface area (Å²) in [5, 5.41) is 8.54. The fraction of sp³-hybridized carbons (Fsp3) is 0.500. The third-order valence-corrected chi connectivity index (χ3v) is 5.34. The monoisotopic (exact) mass is 345 g/mol. The predicted octanol–water partition coefficient (Wildman–Crippen LogP) is 3.93. The summed E-state index contributed by atoms with van der Waals surface area (Å²) in [5.41, 5.74) is 2.08. The Balaban J connectivity index is 1.55. The lowest BCUT2D eigenvalue weighted by Gasteiger charge is -2.31. The second-order valence-corrected chi connectivity index (χ2v) is 7.25. The number of carbonyl (C=O) groups is 1. The molecule has 0 radical (unpaired) electrons. The summed E-state index contributed by atoms with van der Waals surface area (Å²) >= 11 is 1.31. The zero-order valence-corrected chi connectivity index (χ0v) is 15.0. The van der Waals surface area contributed by atoms with E-state index in [1.807, 2.05) is 43.1 Å². The van der Waals surface area contributed by atoms with Gasteiger partial charge in [-0.1, -0.05) is 48.7 Å². The van der Waals surface area contributed by atoms with Crippen LogP contribution in [0, 0.1) is 6.92 Å². The molecule has 6 heteroatoms. The molecule has 0 unspecified atom stereocenters. The summed E-state index contributed by atoms with van der Waals surface area (Å²) in [6, 6.07) is 8.32. The molecule has 0 atom stereocenters. The Morgan fingerprint density at radius 3 is 2.62 bits per heavy atom. The van der Waals surface area contributed by atoms with E-state index in [1.54, 1.807) is 0 Å². The van der Waals surface area contributed by atoms with Crippen LogP contribution in [0.1, 0.15) is 37.7 Å². The van der Waals surface area contributed by atoms with E-state index in [0.29, 0.717) is 22.9 Å². The number of benzene rings is 1. The average Bonchev–Trinajstić information content (AvgIpc) is 3.09. The van der Waals surface area contributed by atoms with E-state index in [2.05, 4.69) is 10.2 Å². The number of aromatic nitrogens is 2. The number of carbonyl (C=O) groups excluding carboxylic acids is 1. The molecule has 1 aliphatic carbocycles. The Morgan fingerprint density at radius 2 is 1.92 bits per heavy atom. The predicted molar refractivity (Wildman–Crippen MR) is 94.8 cm³/mol. The topological polar surface area (TPSA) is 59.2 Å². The van der Waals surface area contributed by atoms with Crippen molar-refractivity contribution >= 4 is 17.7 Å². The molecule has 1 heterocycles. The quantitative estimate of drug-likeness (QED) is 0.769. The van der Waals surface area contributed by atoms with E-state index in [9.17, 15) is 4.79 Å². The van der Waals surface area contributed by atoms with Crippen molar-refractivity contribution in [3.05, 3.63) is 29.8 Å². The summed E-state index contributed by atoms with van der Waals surface area (Å²) in [4.78, 5) is 14.2. The molecule has 2 aromatic rings. The summed E-state index contributed by atoms with van der Waals surface area (Å²) < 4.78 is 5.66. The van der Waals surface area contributed by atoms with Crippen molar-refractivity contribution in [3.63, 3.8) is 0 Å². The highest BCUT2D eigenvalue weighted by atomic mass is 32.2. The number of nitrogens with zero attached hydrogens (tertiary/aromatic N) is 3. The highest BCUT2D eigenvalue weighted by Crippen LogP contribution is 2.25. The highest BCUT2D eigenvalue weighted by Gasteiger charge is 2.22. The molecule has 1 aromatic heterocycles. The van der Waals surface area contributed by atoms with Gasteiger partial charge in [0, 0.05) is 18.7 Å². The van der Waals surface area contributed by atoms with E-state index < -0.39 is 0 Å². The Labute approximate surface area is 146 Å². The molecule has 0 bridgehead atoms. The SMILES string of the molecule is Cc1ccc(-c2nnc(SCC(=O)N(C)C3CCCCC3)o2)cc1. The molecule has 1 fully saturated rings. The van der Waals surface area contributed by atoms with Crippen molar-refractivity contribution in [1.82, 2.24) is 15.1 Å². The lowest BCUT2D eigenvalue weighted by atomic mass is 9.94. The number of aryl methyl sites for hydroxylation is 1. The maximum Gasteiger partial charge on any atom is 0.277 e. The first kappa shape index (κ1) is 17.0. The summed E-state index contributed by atoms with van der Waals surface area (Å²) in [6.45, 7) is 2.04. The van der Waals surface area contributed by atoms with Gasteiger partial charge in [0.25, 0.3) is 5.22 Å². The second kappa shape index (κ2) is 7.83. The van der Waals surface area contributed by atoms with E-state index in [4.69, 9.17) is 4.42 Å². The van der Waals surface area contributed by atoms with Crippen LogP contribution in [0.15, 0.2) is 33.9 Å². The number of hydrogen-bond donors (Lipinski definition) is 0. The van der Waals surface area contributed by atoms with Gasteiger partial charge in [0.2, 0.25) is 11.8 Å². The van der Waals surface area contributed by atoms with Crippen LogP contribution in [0.5, 0.6) is 0 Å². The van der Waals surface area contributed by atoms with Gasteiger partial charge in [0.1, 0.15) is 0 Å². The fourth-order valence-electron chi connectivity index (χ4n) is 2.98. The third-order valence-electron chi connectivity index (χ3n) is 4.54.